The van der Waals surface area contributed by atoms with E-state index in [4.69, 9.17) is 5.11 Å². The number of hydrogen-bond donors (Lipinski definition) is 2. The summed E-state index contributed by atoms with van der Waals surface area (Å²) in [5.74, 6) is -0.801. The molecule has 0 aliphatic rings. The lowest BCUT2D eigenvalue weighted by Gasteiger charge is -2.09. The van der Waals surface area contributed by atoms with Crippen LogP contribution in [-0.2, 0) is 11.3 Å². The zero-order chi connectivity index (χ0) is 12.8. The van der Waals surface area contributed by atoms with Crippen LogP contribution in [0.2, 0.25) is 0 Å². The van der Waals surface area contributed by atoms with Crippen LogP contribution in [0.25, 0.3) is 0 Å². The summed E-state index contributed by atoms with van der Waals surface area (Å²) in [6.07, 6.45) is 1.56. The molecule has 0 aromatic carbocycles. The monoisotopic (exact) mass is 259 g/mol. The number of carboxylic acids is 1. The van der Waals surface area contributed by atoms with Crippen LogP contribution < -0.4 is 5.69 Å². The molecular formula is C10H17N3O3S. The minimum absolute atomic E-state index is 0.122. The fourth-order valence-electron chi connectivity index (χ4n) is 1.38. The number of carbonyl (C=O) groups is 1. The number of rotatable bonds is 7. The van der Waals surface area contributed by atoms with E-state index in [1.165, 1.54) is 11.8 Å². The Kier molecular flexibility index (Phi) is 5.27. The van der Waals surface area contributed by atoms with Crippen molar-refractivity contribution in [2.24, 2.45) is 0 Å². The molecule has 1 heterocycles. The van der Waals surface area contributed by atoms with Crippen LogP contribution in [0.1, 0.15) is 33.1 Å². The van der Waals surface area contributed by atoms with Gasteiger partial charge in [0.15, 0.2) is 5.16 Å². The van der Waals surface area contributed by atoms with Crippen LogP contribution >= 0.6 is 11.8 Å². The number of aliphatic carboxylic acids is 1. The van der Waals surface area contributed by atoms with E-state index in [1.54, 1.807) is 4.57 Å². The largest absolute Gasteiger partial charge is 0.481 e. The number of thioether (sulfide) groups is 1. The lowest BCUT2D eigenvalue weighted by Crippen LogP contribution is -2.17. The normalized spacial score (nSPS) is 12.6. The van der Waals surface area contributed by atoms with Gasteiger partial charge in [0.2, 0.25) is 0 Å². The third kappa shape index (κ3) is 4.26. The summed E-state index contributed by atoms with van der Waals surface area (Å²) in [6.45, 7) is 4.55. The van der Waals surface area contributed by atoms with E-state index in [1.807, 2.05) is 13.8 Å². The van der Waals surface area contributed by atoms with E-state index in [9.17, 15) is 9.59 Å². The van der Waals surface area contributed by atoms with E-state index >= 15 is 0 Å². The first-order valence-corrected chi connectivity index (χ1v) is 6.46. The van der Waals surface area contributed by atoms with Crippen molar-refractivity contribution in [3.8, 4) is 0 Å². The summed E-state index contributed by atoms with van der Waals surface area (Å²) in [6, 6.07) is 0. The van der Waals surface area contributed by atoms with Gasteiger partial charge in [-0.05, 0) is 12.8 Å². The van der Waals surface area contributed by atoms with Crippen molar-refractivity contribution >= 4 is 17.7 Å². The first kappa shape index (κ1) is 13.8. The van der Waals surface area contributed by atoms with E-state index < -0.39 is 5.97 Å². The first-order valence-electron chi connectivity index (χ1n) is 5.58. The van der Waals surface area contributed by atoms with Crippen molar-refractivity contribution in [3.63, 3.8) is 0 Å². The Morgan fingerprint density at radius 2 is 2.35 bits per heavy atom. The molecule has 1 rings (SSSR count). The predicted molar refractivity (Wildman–Crippen MR) is 65.3 cm³/mol. The maximum absolute atomic E-state index is 11.4. The fourth-order valence-corrected chi connectivity index (χ4v) is 2.37. The van der Waals surface area contributed by atoms with Gasteiger partial charge in [-0.1, -0.05) is 25.6 Å². The molecule has 0 saturated carbocycles. The molecule has 7 heteroatoms. The highest BCUT2D eigenvalue weighted by atomic mass is 32.2. The number of carboxylic acid groups (broad SMARTS) is 1. The predicted octanol–water partition coefficient (Wildman–Crippen LogP) is 1.33. The zero-order valence-electron chi connectivity index (χ0n) is 9.97. The minimum Gasteiger partial charge on any atom is -0.481 e. The second-order valence-corrected chi connectivity index (χ2v) is 5.23. The highest BCUT2D eigenvalue weighted by Crippen LogP contribution is 2.23. The van der Waals surface area contributed by atoms with Crippen LogP contribution in [0.15, 0.2) is 9.95 Å². The molecule has 0 radical (unpaired) electrons. The third-order valence-corrected chi connectivity index (χ3v) is 3.40. The summed E-state index contributed by atoms with van der Waals surface area (Å²) in [4.78, 5) is 21.9. The first-order chi connectivity index (χ1) is 8.04. The molecule has 0 bridgehead atoms. The van der Waals surface area contributed by atoms with Crippen LogP contribution in [0.4, 0.5) is 0 Å². The molecule has 0 aliphatic heterocycles. The number of hydrogen-bond acceptors (Lipinski definition) is 4. The van der Waals surface area contributed by atoms with Gasteiger partial charge in [-0.25, -0.2) is 9.89 Å². The smallest absolute Gasteiger partial charge is 0.343 e. The number of nitrogens with zero attached hydrogens (tertiary/aromatic N) is 2. The third-order valence-electron chi connectivity index (χ3n) is 2.24. The Bertz CT molecular complexity index is 427. The standard InChI is InChI=1S/C10H17N3O3S/c1-3-6-13-9(16)11-12-10(13)17-7(2)4-5-8(14)15/h7H,3-6H2,1-2H3,(H,11,16)(H,14,15). The molecule has 2 N–H and O–H groups in total. The maximum atomic E-state index is 11.4. The van der Waals surface area contributed by atoms with Gasteiger partial charge in [-0.2, -0.15) is 0 Å². The SMILES string of the molecule is CCCn1c(SC(C)CCC(=O)O)n[nH]c1=O. The van der Waals surface area contributed by atoms with Crippen molar-refractivity contribution in [1.82, 2.24) is 14.8 Å². The highest BCUT2D eigenvalue weighted by molar-refractivity contribution is 7.99. The molecular weight excluding hydrogens is 242 g/mol. The van der Waals surface area contributed by atoms with Gasteiger partial charge in [-0.3, -0.25) is 9.36 Å². The Morgan fingerprint density at radius 3 is 2.94 bits per heavy atom. The molecule has 17 heavy (non-hydrogen) atoms. The maximum Gasteiger partial charge on any atom is 0.343 e. The Labute approximate surface area is 103 Å². The van der Waals surface area contributed by atoms with E-state index in [0.717, 1.165) is 6.42 Å². The van der Waals surface area contributed by atoms with Crippen molar-refractivity contribution in [2.75, 3.05) is 0 Å². The lowest BCUT2D eigenvalue weighted by molar-refractivity contribution is -0.137. The van der Waals surface area contributed by atoms with Crippen molar-refractivity contribution in [3.05, 3.63) is 10.5 Å². The molecule has 0 saturated heterocycles. The molecule has 1 unspecified atom stereocenters. The van der Waals surface area contributed by atoms with E-state index in [-0.39, 0.29) is 17.4 Å². The second-order valence-electron chi connectivity index (χ2n) is 3.82. The van der Waals surface area contributed by atoms with Crippen LogP contribution in [0.5, 0.6) is 0 Å². The van der Waals surface area contributed by atoms with Crippen molar-refractivity contribution in [2.45, 2.75) is 50.1 Å². The quantitative estimate of drug-likeness (QED) is 0.721. The summed E-state index contributed by atoms with van der Waals surface area (Å²) in [7, 11) is 0. The van der Waals surface area contributed by atoms with Crippen molar-refractivity contribution in [1.29, 1.82) is 0 Å². The zero-order valence-corrected chi connectivity index (χ0v) is 10.8. The number of nitrogens with one attached hydrogen (secondary N) is 1. The molecule has 1 aromatic heterocycles. The molecule has 0 amide bonds. The van der Waals surface area contributed by atoms with Crippen LogP contribution in [0.3, 0.4) is 0 Å². The molecule has 1 atom stereocenters. The summed E-state index contributed by atoms with van der Waals surface area (Å²) in [5, 5.41) is 15.7. The number of aromatic nitrogens is 3. The summed E-state index contributed by atoms with van der Waals surface area (Å²) >= 11 is 1.43. The fraction of sp³-hybridized carbons (Fsp3) is 0.700. The lowest BCUT2D eigenvalue weighted by atomic mass is 10.2. The van der Waals surface area contributed by atoms with Gasteiger partial charge >= 0.3 is 11.7 Å². The topological polar surface area (TPSA) is 88.0 Å². The Balaban J connectivity index is 2.61. The van der Waals surface area contributed by atoms with E-state index in [2.05, 4.69) is 10.2 Å². The molecule has 96 valence electrons. The van der Waals surface area contributed by atoms with E-state index in [0.29, 0.717) is 18.1 Å². The van der Waals surface area contributed by atoms with Gasteiger partial charge in [-0.15, -0.1) is 5.10 Å². The molecule has 0 aliphatic carbocycles. The van der Waals surface area contributed by atoms with Gasteiger partial charge in [0.1, 0.15) is 0 Å². The average molecular weight is 259 g/mol. The second kappa shape index (κ2) is 6.48. The number of H-pyrrole nitrogens is 1. The average Bonchev–Trinajstić information content (AvgIpc) is 2.59. The Hall–Kier alpha value is -1.24. The molecule has 0 spiro atoms. The molecule has 1 aromatic rings. The molecule has 0 fully saturated rings. The van der Waals surface area contributed by atoms with Crippen LogP contribution in [0, 0.1) is 0 Å². The molecule has 6 nitrogen and oxygen atoms in total. The minimum atomic E-state index is -0.801. The Morgan fingerprint density at radius 1 is 1.65 bits per heavy atom. The van der Waals surface area contributed by atoms with Gasteiger partial charge in [0.05, 0.1) is 0 Å². The number of aromatic amines is 1. The van der Waals surface area contributed by atoms with Gasteiger partial charge in [0.25, 0.3) is 0 Å². The van der Waals surface area contributed by atoms with Gasteiger partial charge in [0, 0.05) is 18.2 Å². The summed E-state index contributed by atoms with van der Waals surface area (Å²) < 4.78 is 1.59. The van der Waals surface area contributed by atoms with Crippen molar-refractivity contribution < 1.29 is 9.90 Å². The van der Waals surface area contributed by atoms with Gasteiger partial charge < -0.3 is 5.11 Å². The summed E-state index contributed by atoms with van der Waals surface area (Å²) in [5.41, 5.74) is -0.209. The van der Waals surface area contributed by atoms with Crippen LogP contribution in [-0.4, -0.2) is 31.1 Å². The highest BCUT2D eigenvalue weighted by Gasteiger charge is 2.13.